The summed E-state index contributed by atoms with van der Waals surface area (Å²) in [4.78, 5) is 13.3. The largest absolute Gasteiger partial charge is 0.383 e. The van der Waals surface area contributed by atoms with Gasteiger partial charge in [-0.25, -0.2) is 0 Å². The lowest BCUT2D eigenvalue weighted by molar-refractivity contribution is -0.144. The number of amides is 1. The van der Waals surface area contributed by atoms with E-state index in [0.29, 0.717) is 26.3 Å². The van der Waals surface area contributed by atoms with E-state index in [4.69, 9.17) is 9.47 Å². The number of hydrogen-bond acceptors (Lipinski definition) is 4. The third-order valence-electron chi connectivity index (χ3n) is 2.21. The van der Waals surface area contributed by atoms with Gasteiger partial charge < -0.3 is 19.7 Å². The molecule has 1 fully saturated rings. The van der Waals surface area contributed by atoms with Crippen molar-refractivity contribution in [3.05, 3.63) is 0 Å². The smallest absolute Gasteiger partial charge is 0.252 e. The maximum absolute atomic E-state index is 11.7. The van der Waals surface area contributed by atoms with Gasteiger partial charge >= 0.3 is 0 Å². The Morgan fingerprint density at radius 3 is 2.93 bits per heavy atom. The number of ether oxygens (including phenoxy) is 2. The van der Waals surface area contributed by atoms with Crippen LogP contribution in [-0.4, -0.2) is 63.9 Å². The average Bonchev–Trinajstić information content (AvgIpc) is 2.26. The van der Waals surface area contributed by atoms with Gasteiger partial charge in [-0.05, 0) is 0 Å². The van der Waals surface area contributed by atoms with E-state index in [0.717, 1.165) is 6.54 Å². The fourth-order valence-electron chi connectivity index (χ4n) is 1.31. The van der Waals surface area contributed by atoms with Crippen molar-refractivity contribution in [2.24, 2.45) is 0 Å². The molecular weight excluding hydrogens is 220 g/mol. The van der Waals surface area contributed by atoms with Crippen molar-refractivity contribution in [2.75, 3.05) is 47.0 Å². The molecule has 1 amide bonds. The van der Waals surface area contributed by atoms with Crippen LogP contribution in [0.2, 0.25) is 0 Å². The summed E-state index contributed by atoms with van der Waals surface area (Å²) in [5, 5.41) is 3.12. The molecule has 0 bridgehead atoms. The molecule has 1 saturated heterocycles. The predicted molar refractivity (Wildman–Crippen MR) is 59.4 cm³/mol. The summed E-state index contributed by atoms with van der Waals surface area (Å²) in [6.07, 6.45) is -0.328. The summed E-state index contributed by atoms with van der Waals surface area (Å²) in [6, 6.07) is 0. The Morgan fingerprint density at radius 2 is 2.40 bits per heavy atom. The predicted octanol–water partition coefficient (Wildman–Crippen LogP) is -0.499. The first-order valence-corrected chi connectivity index (χ1v) is 4.82. The van der Waals surface area contributed by atoms with Crippen molar-refractivity contribution in [1.29, 1.82) is 0 Å². The quantitative estimate of drug-likeness (QED) is 0.718. The number of likely N-dealkylation sites (N-methyl/N-ethyl adjacent to an activating group) is 1. The van der Waals surface area contributed by atoms with Gasteiger partial charge in [0.25, 0.3) is 5.91 Å². The van der Waals surface area contributed by atoms with E-state index in [1.807, 2.05) is 0 Å². The van der Waals surface area contributed by atoms with Gasteiger partial charge in [0.05, 0.1) is 13.2 Å². The highest BCUT2D eigenvalue weighted by atomic mass is 35.5. The highest BCUT2D eigenvalue weighted by Crippen LogP contribution is 2.00. The Labute approximate surface area is 96.5 Å². The molecule has 0 spiro atoms. The zero-order chi connectivity index (χ0) is 10.4. The van der Waals surface area contributed by atoms with E-state index < -0.39 is 0 Å². The van der Waals surface area contributed by atoms with Gasteiger partial charge in [0.2, 0.25) is 0 Å². The van der Waals surface area contributed by atoms with Gasteiger partial charge in [0.15, 0.2) is 0 Å². The van der Waals surface area contributed by atoms with Crippen molar-refractivity contribution in [1.82, 2.24) is 10.2 Å². The molecule has 0 radical (unpaired) electrons. The molecule has 1 aliphatic rings. The fraction of sp³-hybridized carbons (Fsp3) is 0.889. The van der Waals surface area contributed by atoms with Gasteiger partial charge in [-0.1, -0.05) is 0 Å². The van der Waals surface area contributed by atoms with E-state index in [9.17, 15) is 4.79 Å². The SMILES string of the molecule is COCCN(C)C(=O)C1CNCCO1.Cl. The zero-order valence-electron chi connectivity index (χ0n) is 9.19. The van der Waals surface area contributed by atoms with Gasteiger partial charge in [-0.3, -0.25) is 4.79 Å². The second-order valence-corrected chi connectivity index (χ2v) is 3.32. The molecule has 1 heterocycles. The monoisotopic (exact) mass is 238 g/mol. The number of methoxy groups -OCH3 is 1. The Hall–Kier alpha value is -0.360. The average molecular weight is 239 g/mol. The van der Waals surface area contributed by atoms with E-state index in [2.05, 4.69) is 5.32 Å². The molecular formula is C9H19ClN2O3. The number of carbonyl (C=O) groups excluding carboxylic acids is 1. The third-order valence-corrected chi connectivity index (χ3v) is 2.21. The van der Waals surface area contributed by atoms with E-state index in [1.54, 1.807) is 19.1 Å². The van der Waals surface area contributed by atoms with E-state index in [-0.39, 0.29) is 24.4 Å². The van der Waals surface area contributed by atoms with Crippen LogP contribution in [0.3, 0.4) is 0 Å². The Kier molecular flexibility index (Phi) is 7.68. The summed E-state index contributed by atoms with van der Waals surface area (Å²) in [5.41, 5.74) is 0. The molecule has 1 aliphatic heterocycles. The van der Waals surface area contributed by atoms with Crippen LogP contribution in [0.25, 0.3) is 0 Å². The molecule has 0 saturated carbocycles. The van der Waals surface area contributed by atoms with Crippen molar-refractivity contribution >= 4 is 18.3 Å². The maximum atomic E-state index is 11.7. The summed E-state index contributed by atoms with van der Waals surface area (Å²) in [5.74, 6) is 0.0225. The first kappa shape index (κ1) is 14.6. The van der Waals surface area contributed by atoms with Crippen LogP contribution < -0.4 is 5.32 Å². The maximum Gasteiger partial charge on any atom is 0.252 e. The third kappa shape index (κ3) is 4.79. The molecule has 90 valence electrons. The van der Waals surface area contributed by atoms with Crippen molar-refractivity contribution in [3.8, 4) is 0 Å². The lowest BCUT2D eigenvalue weighted by Gasteiger charge is -2.27. The van der Waals surface area contributed by atoms with Gasteiger partial charge in [0, 0.05) is 33.8 Å². The minimum absolute atomic E-state index is 0. The minimum Gasteiger partial charge on any atom is -0.383 e. The molecule has 1 rings (SSSR count). The van der Waals surface area contributed by atoms with Crippen LogP contribution in [0.4, 0.5) is 0 Å². The number of morpholine rings is 1. The molecule has 1 atom stereocenters. The van der Waals surface area contributed by atoms with Crippen molar-refractivity contribution < 1.29 is 14.3 Å². The van der Waals surface area contributed by atoms with E-state index >= 15 is 0 Å². The molecule has 1 N–H and O–H groups in total. The van der Waals surface area contributed by atoms with Crippen LogP contribution in [0.1, 0.15) is 0 Å². The van der Waals surface area contributed by atoms with Crippen LogP contribution in [0.15, 0.2) is 0 Å². The Balaban J connectivity index is 0.00000196. The van der Waals surface area contributed by atoms with Crippen LogP contribution in [0, 0.1) is 0 Å². The highest BCUT2D eigenvalue weighted by molar-refractivity contribution is 5.85. The summed E-state index contributed by atoms with van der Waals surface area (Å²) in [6.45, 7) is 3.20. The summed E-state index contributed by atoms with van der Waals surface area (Å²) < 4.78 is 10.2. The zero-order valence-corrected chi connectivity index (χ0v) is 10.0. The van der Waals surface area contributed by atoms with Crippen molar-refractivity contribution in [2.45, 2.75) is 6.10 Å². The van der Waals surface area contributed by atoms with Gasteiger partial charge in [0.1, 0.15) is 6.10 Å². The Morgan fingerprint density at radius 1 is 1.67 bits per heavy atom. The molecule has 6 heteroatoms. The lowest BCUT2D eigenvalue weighted by Crippen LogP contribution is -2.48. The van der Waals surface area contributed by atoms with Crippen LogP contribution in [0.5, 0.6) is 0 Å². The second-order valence-electron chi connectivity index (χ2n) is 3.32. The molecule has 0 aromatic carbocycles. The van der Waals surface area contributed by atoms with Gasteiger partial charge in [-0.15, -0.1) is 12.4 Å². The topological polar surface area (TPSA) is 50.8 Å². The normalized spacial score (nSPS) is 20.5. The second kappa shape index (κ2) is 7.87. The number of halogens is 1. The van der Waals surface area contributed by atoms with Crippen LogP contribution >= 0.6 is 12.4 Å². The minimum atomic E-state index is -0.328. The summed E-state index contributed by atoms with van der Waals surface area (Å²) >= 11 is 0. The van der Waals surface area contributed by atoms with E-state index in [1.165, 1.54) is 0 Å². The lowest BCUT2D eigenvalue weighted by atomic mass is 10.2. The highest BCUT2D eigenvalue weighted by Gasteiger charge is 2.24. The number of rotatable bonds is 4. The molecule has 0 aromatic rings. The number of nitrogens with one attached hydrogen (secondary N) is 1. The van der Waals surface area contributed by atoms with Crippen molar-refractivity contribution in [3.63, 3.8) is 0 Å². The van der Waals surface area contributed by atoms with Gasteiger partial charge in [-0.2, -0.15) is 0 Å². The first-order valence-electron chi connectivity index (χ1n) is 4.82. The van der Waals surface area contributed by atoms with Crippen LogP contribution in [-0.2, 0) is 14.3 Å². The molecule has 0 aromatic heterocycles. The summed E-state index contributed by atoms with van der Waals surface area (Å²) in [7, 11) is 3.39. The number of carbonyl (C=O) groups is 1. The fourth-order valence-corrected chi connectivity index (χ4v) is 1.31. The molecule has 1 unspecified atom stereocenters. The number of hydrogen-bond donors (Lipinski definition) is 1. The first-order chi connectivity index (χ1) is 6.75. The molecule has 5 nitrogen and oxygen atoms in total. The molecule has 0 aliphatic carbocycles. The Bertz CT molecular complexity index is 186. The number of nitrogens with zero attached hydrogens (tertiary/aromatic N) is 1. The molecule has 15 heavy (non-hydrogen) atoms. The standard InChI is InChI=1S/C9H18N2O3.ClH/c1-11(4-6-13-2)9(12)8-7-10-3-5-14-8;/h8,10H,3-7H2,1-2H3;1H.